The van der Waals surface area contributed by atoms with E-state index in [1.807, 2.05) is 18.5 Å². The topological polar surface area (TPSA) is 63.0 Å². The Balaban J connectivity index is 1.82. The molecule has 2 rings (SSSR count). The number of aromatic nitrogens is 3. The van der Waals surface area contributed by atoms with Gasteiger partial charge in [0.2, 0.25) is 0 Å². The summed E-state index contributed by atoms with van der Waals surface area (Å²) >= 11 is 0. The van der Waals surface area contributed by atoms with Gasteiger partial charge < -0.3 is 15.0 Å². The first kappa shape index (κ1) is 13.5. The van der Waals surface area contributed by atoms with Gasteiger partial charge >= 0.3 is 0 Å². The maximum atomic E-state index is 10.5. The lowest BCUT2D eigenvalue weighted by atomic mass is 9.94. The van der Waals surface area contributed by atoms with E-state index in [2.05, 4.69) is 15.5 Å². The lowest BCUT2D eigenvalue weighted by molar-refractivity contribution is 0.0248. The smallest absolute Gasteiger partial charge is 0.146 e. The molecule has 5 nitrogen and oxygen atoms in total. The van der Waals surface area contributed by atoms with Gasteiger partial charge in [0, 0.05) is 13.6 Å². The van der Waals surface area contributed by atoms with E-state index in [9.17, 15) is 5.11 Å². The molecular formula is C13H24N4O. The van der Waals surface area contributed by atoms with Crippen LogP contribution < -0.4 is 5.32 Å². The fourth-order valence-electron chi connectivity index (χ4n) is 2.58. The zero-order valence-electron chi connectivity index (χ0n) is 11.4. The Bertz CT molecular complexity index is 380. The highest BCUT2D eigenvalue weighted by Crippen LogP contribution is 2.26. The molecule has 5 heteroatoms. The molecule has 0 amide bonds. The first-order chi connectivity index (χ1) is 8.61. The zero-order chi connectivity index (χ0) is 13.0. The van der Waals surface area contributed by atoms with Crippen molar-refractivity contribution in [3.05, 3.63) is 11.6 Å². The van der Waals surface area contributed by atoms with E-state index < -0.39 is 5.60 Å². The molecule has 1 fully saturated rings. The molecule has 1 aromatic rings. The van der Waals surface area contributed by atoms with Gasteiger partial charge in [-0.15, -0.1) is 10.2 Å². The van der Waals surface area contributed by atoms with Crippen LogP contribution in [0.5, 0.6) is 0 Å². The molecule has 0 radical (unpaired) electrons. The molecule has 1 saturated carbocycles. The molecule has 1 aliphatic carbocycles. The number of nitrogens with one attached hydrogen (secondary N) is 1. The van der Waals surface area contributed by atoms with Gasteiger partial charge in [0.1, 0.15) is 11.6 Å². The molecular weight excluding hydrogens is 228 g/mol. The van der Waals surface area contributed by atoms with Gasteiger partial charge in [-0.05, 0) is 19.8 Å². The highest BCUT2D eigenvalue weighted by Gasteiger charge is 2.27. The van der Waals surface area contributed by atoms with Crippen LogP contribution in [-0.4, -0.2) is 32.0 Å². The number of aryl methyl sites for hydroxylation is 1. The summed E-state index contributed by atoms with van der Waals surface area (Å²) in [5.74, 6) is 1.84. The molecule has 1 aliphatic rings. The third-order valence-electron chi connectivity index (χ3n) is 3.95. The summed E-state index contributed by atoms with van der Waals surface area (Å²) in [7, 11) is 1.96. The quantitative estimate of drug-likeness (QED) is 0.793. The van der Waals surface area contributed by atoms with Crippen molar-refractivity contribution in [3.63, 3.8) is 0 Å². The van der Waals surface area contributed by atoms with Crippen molar-refractivity contribution in [3.8, 4) is 0 Å². The summed E-state index contributed by atoms with van der Waals surface area (Å²) in [4.78, 5) is 0. The van der Waals surface area contributed by atoms with Crippen LogP contribution in [0.1, 0.15) is 50.2 Å². The van der Waals surface area contributed by atoms with Crippen LogP contribution in [-0.2, 0) is 13.6 Å². The molecule has 0 aliphatic heterocycles. The van der Waals surface area contributed by atoms with Crippen LogP contribution in [0.4, 0.5) is 0 Å². The molecule has 0 saturated heterocycles. The Labute approximate surface area is 109 Å². The second kappa shape index (κ2) is 5.80. The molecule has 1 aromatic heterocycles. The number of rotatable bonds is 4. The number of hydrogen-bond acceptors (Lipinski definition) is 4. The molecule has 0 unspecified atom stereocenters. The summed E-state index contributed by atoms with van der Waals surface area (Å²) in [6, 6.07) is 0. The van der Waals surface area contributed by atoms with E-state index in [4.69, 9.17) is 0 Å². The zero-order valence-corrected chi connectivity index (χ0v) is 11.4. The Morgan fingerprint density at radius 2 is 1.89 bits per heavy atom. The molecule has 0 atom stereocenters. The Morgan fingerprint density at radius 1 is 1.22 bits per heavy atom. The van der Waals surface area contributed by atoms with Gasteiger partial charge in [0.05, 0.1) is 12.1 Å². The predicted molar refractivity (Wildman–Crippen MR) is 70.1 cm³/mol. The minimum absolute atomic E-state index is 0.524. The summed E-state index contributed by atoms with van der Waals surface area (Å²) in [6.07, 6.45) is 6.62. The highest BCUT2D eigenvalue weighted by molar-refractivity contribution is 4.93. The third kappa shape index (κ3) is 3.29. The second-order valence-corrected chi connectivity index (χ2v) is 5.46. The van der Waals surface area contributed by atoms with Crippen LogP contribution in [0, 0.1) is 6.92 Å². The van der Waals surface area contributed by atoms with Gasteiger partial charge in [-0.2, -0.15) is 0 Å². The maximum absolute atomic E-state index is 10.5. The molecule has 0 spiro atoms. The lowest BCUT2D eigenvalue weighted by Gasteiger charge is -2.26. The van der Waals surface area contributed by atoms with Crippen LogP contribution in [0.15, 0.2) is 0 Å². The Kier molecular flexibility index (Phi) is 4.35. The SMILES string of the molecule is Cc1nnc(CNCC2(O)CCCCCC2)n1C. The summed E-state index contributed by atoms with van der Waals surface area (Å²) in [5.41, 5.74) is -0.524. The van der Waals surface area contributed by atoms with Crippen molar-refractivity contribution in [2.24, 2.45) is 7.05 Å². The van der Waals surface area contributed by atoms with Crippen LogP contribution in [0.2, 0.25) is 0 Å². The van der Waals surface area contributed by atoms with E-state index in [0.29, 0.717) is 13.1 Å². The van der Waals surface area contributed by atoms with E-state index in [1.54, 1.807) is 0 Å². The first-order valence-electron chi connectivity index (χ1n) is 6.89. The lowest BCUT2D eigenvalue weighted by Crippen LogP contribution is -2.40. The first-order valence-corrected chi connectivity index (χ1v) is 6.89. The minimum atomic E-state index is -0.524. The van der Waals surface area contributed by atoms with Gasteiger partial charge in [-0.25, -0.2) is 0 Å². The minimum Gasteiger partial charge on any atom is -0.389 e. The standard InChI is InChI=1S/C13H24N4O/c1-11-15-16-12(17(11)2)9-14-10-13(18)7-5-3-4-6-8-13/h14,18H,3-10H2,1-2H3. The number of nitrogens with zero attached hydrogens (tertiary/aromatic N) is 3. The molecule has 102 valence electrons. The van der Waals surface area contributed by atoms with Crippen LogP contribution in [0.3, 0.4) is 0 Å². The van der Waals surface area contributed by atoms with E-state index in [-0.39, 0.29) is 0 Å². The van der Waals surface area contributed by atoms with E-state index >= 15 is 0 Å². The van der Waals surface area contributed by atoms with Gasteiger partial charge in [0.15, 0.2) is 0 Å². The molecule has 0 aromatic carbocycles. The van der Waals surface area contributed by atoms with E-state index in [0.717, 1.165) is 37.3 Å². The average molecular weight is 252 g/mol. The molecule has 18 heavy (non-hydrogen) atoms. The summed E-state index contributed by atoms with van der Waals surface area (Å²) in [5, 5.41) is 22.0. The third-order valence-corrected chi connectivity index (χ3v) is 3.95. The monoisotopic (exact) mass is 252 g/mol. The van der Waals surface area contributed by atoms with Gasteiger partial charge in [0.25, 0.3) is 0 Å². The van der Waals surface area contributed by atoms with Crippen molar-refractivity contribution in [2.45, 2.75) is 57.6 Å². The maximum Gasteiger partial charge on any atom is 0.146 e. The molecule has 2 N–H and O–H groups in total. The average Bonchev–Trinajstić information content (AvgIpc) is 2.56. The van der Waals surface area contributed by atoms with Crippen molar-refractivity contribution in [1.29, 1.82) is 0 Å². The highest BCUT2D eigenvalue weighted by atomic mass is 16.3. The predicted octanol–water partition coefficient (Wildman–Crippen LogP) is 1.30. The van der Waals surface area contributed by atoms with Crippen molar-refractivity contribution < 1.29 is 5.11 Å². The second-order valence-electron chi connectivity index (χ2n) is 5.46. The fraction of sp³-hybridized carbons (Fsp3) is 0.846. The Hall–Kier alpha value is -0.940. The molecule has 0 bridgehead atoms. The normalized spacial score (nSPS) is 19.7. The number of aliphatic hydroxyl groups is 1. The van der Waals surface area contributed by atoms with Crippen molar-refractivity contribution in [2.75, 3.05) is 6.54 Å². The molecule has 1 heterocycles. The van der Waals surface area contributed by atoms with Crippen LogP contribution >= 0.6 is 0 Å². The van der Waals surface area contributed by atoms with E-state index in [1.165, 1.54) is 12.8 Å². The van der Waals surface area contributed by atoms with Gasteiger partial charge in [-0.1, -0.05) is 25.7 Å². The fourth-order valence-corrected chi connectivity index (χ4v) is 2.58. The summed E-state index contributed by atoms with van der Waals surface area (Å²) in [6.45, 7) is 3.26. The Morgan fingerprint density at radius 3 is 2.44 bits per heavy atom. The van der Waals surface area contributed by atoms with Crippen molar-refractivity contribution >= 4 is 0 Å². The largest absolute Gasteiger partial charge is 0.389 e. The van der Waals surface area contributed by atoms with Gasteiger partial charge in [-0.3, -0.25) is 0 Å². The van der Waals surface area contributed by atoms with Crippen molar-refractivity contribution in [1.82, 2.24) is 20.1 Å². The summed E-state index contributed by atoms with van der Waals surface area (Å²) < 4.78 is 1.98. The number of hydrogen-bond donors (Lipinski definition) is 2. The van der Waals surface area contributed by atoms with Crippen LogP contribution in [0.25, 0.3) is 0 Å².